The molecule has 1 atom stereocenters. The molecule has 1 fully saturated rings. The number of hydrogen-bond donors (Lipinski definition) is 1. The number of carbonyl (C=O) groups is 1. The standard InChI is InChI=1S/C15H24N2O3S/c1-12-11-21-15(20)17(12)8-3-5-14(19)16-7-2-4-13(10-16)6-9-18/h11,13,18H,2-10H2,1H3. The van der Waals surface area contributed by atoms with Gasteiger partial charge in [-0.2, -0.15) is 0 Å². The highest BCUT2D eigenvalue weighted by atomic mass is 32.1. The molecule has 0 aromatic carbocycles. The van der Waals surface area contributed by atoms with E-state index in [9.17, 15) is 9.59 Å². The highest BCUT2D eigenvalue weighted by Gasteiger charge is 2.22. The van der Waals surface area contributed by atoms with E-state index < -0.39 is 0 Å². The van der Waals surface area contributed by atoms with Gasteiger partial charge in [-0.3, -0.25) is 9.59 Å². The van der Waals surface area contributed by atoms with Crippen LogP contribution >= 0.6 is 11.3 Å². The van der Waals surface area contributed by atoms with Crippen LogP contribution < -0.4 is 4.87 Å². The quantitative estimate of drug-likeness (QED) is 0.868. The van der Waals surface area contributed by atoms with Crippen molar-refractivity contribution in [3.8, 4) is 0 Å². The number of aliphatic hydroxyl groups is 1. The van der Waals surface area contributed by atoms with Crippen molar-refractivity contribution < 1.29 is 9.90 Å². The van der Waals surface area contributed by atoms with Crippen molar-refractivity contribution in [3.05, 3.63) is 20.7 Å². The fourth-order valence-electron chi connectivity index (χ4n) is 2.93. The molecule has 1 aromatic heterocycles. The molecule has 0 aliphatic carbocycles. The molecule has 0 bridgehead atoms. The predicted octanol–water partition coefficient (Wildman–Crippen LogP) is 1.62. The molecule has 2 rings (SSSR count). The van der Waals surface area contributed by atoms with Crippen LogP contribution in [-0.4, -0.2) is 40.2 Å². The van der Waals surface area contributed by atoms with Crippen molar-refractivity contribution >= 4 is 17.2 Å². The number of aliphatic hydroxyl groups excluding tert-OH is 1. The molecule has 0 spiro atoms. The van der Waals surface area contributed by atoms with Crippen LogP contribution in [0.3, 0.4) is 0 Å². The third-order valence-electron chi connectivity index (χ3n) is 4.16. The van der Waals surface area contributed by atoms with E-state index in [1.165, 1.54) is 11.3 Å². The molecular formula is C15H24N2O3S. The third-order valence-corrected chi connectivity index (χ3v) is 5.04. The first-order chi connectivity index (χ1) is 10.1. The lowest BCUT2D eigenvalue weighted by atomic mass is 9.95. The number of rotatable bonds is 6. The summed E-state index contributed by atoms with van der Waals surface area (Å²) >= 11 is 1.21. The molecule has 1 amide bonds. The molecule has 1 aromatic rings. The Morgan fingerprint density at radius 3 is 3.00 bits per heavy atom. The maximum absolute atomic E-state index is 12.2. The molecule has 1 N–H and O–H groups in total. The maximum atomic E-state index is 12.2. The Balaban J connectivity index is 1.78. The Morgan fingerprint density at radius 1 is 1.52 bits per heavy atom. The number of hydrogen-bond acceptors (Lipinski definition) is 4. The number of aryl methyl sites for hydroxylation is 1. The van der Waals surface area contributed by atoms with Gasteiger partial charge in [-0.25, -0.2) is 0 Å². The average molecular weight is 312 g/mol. The lowest BCUT2D eigenvalue weighted by Crippen LogP contribution is -2.40. The molecule has 118 valence electrons. The van der Waals surface area contributed by atoms with Crippen molar-refractivity contribution in [2.24, 2.45) is 5.92 Å². The second-order valence-corrected chi connectivity index (χ2v) is 6.58. The van der Waals surface area contributed by atoms with Gasteiger partial charge < -0.3 is 14.6 Å². The van der Waals surface area contributed by atoms with Crippen LogP contribution in [0.25, 0.3) is 0 Å². The van der Waals surface area contributed by atoms with E-state index in [2.05, 4.69) is 0 Å². The van der Waals surface area contributed by atoms with E-state index in [4.69, 9.17) is 5.11 Å². The van der Waals surface area contributed by atoms with E-state index >= 15 is 0 Å². The van der Waals surface area contributed by atoms with Crippen molar-refractivity contribution in [1.29, 1.82) is 0 Å². The molecule has 2 heterocycles. The summed E-state index contributed by atoms with van der Waals surface area (Å²) in [6.07, 6.45) is 4.12. The number of piperidine rings is 1. The van der Waals surface area contributed by atoms with E-state index in [1.807, 2.05) is 17.2 Å². The minimum Gasteiger partial charge on any atom is -0.396 e. The first-order valence-corrected chi connectivity index (χ1v) is 8.53. The summed E-state index contributed by atoms with van der Waals surface area (Å²) in [5, 5.41) is 10.9. The second-order valence-electron chi connectivity index (χ2n) is 5.76. The summed E-state index contributed by atoms with van der Waals surface area (Å²) in [5.41, 5.74) is 0.971. The second kappa shape index (κ2) is 7.75. The SMILES string of the molecule is Cc1csc(=O)n1CCCC(=O)N1CCCC(CCO)C1. The fourth-order valence-corrected chi connectivity index (χ4v) is 3.69. The summed E-state index contributed by atoms with van der Waals surface area (Å²) in [7, 11) is 0. The zero-order valence-electron chi connectivity index (χ0n) is 12.6. The topological polar surface area (TPSA) is 62.5 Å². The summed E-state index contributed by atoms with van der Waals surface area (Å²) in [6.45, 7) is 4.35. The first-order valence-electron chi connectivity index (χ1n) is 7.65. The van der Waals surface area contributed by atoms with E-state index in [-0.39, 0.29) is 17.4 Å². The zero-order valence-corrected chi connectivity index (χ0v) is 13.4. The van der Waals surface area contributed by atoms with Gasteiger partial charge in [-0.15, -0.1) is 0 Å². The van der Waals surface area contributed by atoms with Crippen molar-refractivity contribution in [1.82, 2.24) is 9.47 Å². The highest BCUT2D eigenvalue weighted by Crippen LogP contribution is 2.20. The zero-order chi connectivity index (χ0) is 15.2. The Hall–Kier alpha value is -1.14. The number of nitrogens with zero attached hydrogens (tertiary/aromatic N) is 2. The lowest BCUT2D eigenvalue weighted by molar-refractivity contribution is -0.133. The van der Waals surface area contributed by atoms with Crippen LogP contribution in [0.15, 0.2) is 10.2 Å². The van der Waals surface area contributed by atoms with Gasteiger partial charge in [0.15, 0.2) is 0 Å². The van der Waals surface area contributed by atoms with Crippen LogP contribution in [0, 0.1) is 12.8 Å². The Kier molecular flexibility index (Phi) is 5.99. The molecular weight excluding hydrogens is 288 g/mol. The molecule has 0 radical (unpaired) electrons. The Morgan fingerprint density at radius 2 is 2.33 bits per heavy atom. The number of thiazole rings is 1. The first kappa shape index (κ1) is 16.2. The number of amides is 1. The van der Waals surface area contributed by atoms with Crippen LogP contribution in [0.5, 0.6) is 0 Å². The van der Waals surface area contributed by atoms with Crippen LogP contribution in [0.1, 0.15) is 37.8 Å². The molecule has 1 unspecified atom stereocenters. The van der Waals surface area contributed by atoms with Crippen molar-refractivity contribution in [3.63, 3.8) is 0 Å². The Labute approximate surface area is 129 Å². The summed E-state index contributed by atoms with van der Waals surface area (Å²) in [4.78, 5) is 25.8. The van der Waals surface area contributed by atoms with Gasteiger partial charge in [0.25, 0.3) is 0 Å². The summed E-state index contributed by atoms with van der Waals surface area (Å²) in [5.74, 6) is 0.619. The monoisotopic (exact) mass is 312 g/mol. The van der Waals surface area contributed by atoms with Gasteiger partial charge in [-0.1, -0.05) is 11.3 Å². The molecule has 1 saturated heterocycles. The van der Waals surface area contributed by atoms with Gasteiger partial charge in [-0.05, 0) is 38.5 Å². The van der Waals surface area contributed by atoms with Crippen molar-refractivity contribution in [2.75, 3.05) is 19.7 Å². The number of carbonyl (C=O) groups excluding carboxylic acids is 1. The smallest absolute Gasteiger partial charge is 0.307 e. The summed E-state index contributed by atoms with van der Waals surface area (Å²) < 4.78 is 1.74. The van der Waals surface area contributed by atoms with E-state index in [0.717, 1.165) is 38.0 Å². The van der Waals surface area contributed by atoms with Gasteiger partial charge in [0, 0.05) is 43.7 Å². The van der Waals surface area contributed by atoms with E-state index in [0.29, 0.717) is 25.3 Å². The third kappa shape index (κ3) is 4.41. The highest BCUT2D eigenvalue weighted by molar-refractivity contribution is 7.07. The minimum atomic E-state index is 0.0564. The van der Waals surface area contributed by atoms with Gasteiger partial charge in [0.05, 0.1) is 0 Å². The molecule has 0 saturated carbocycles. The Bertz CT molecular complexity index is 521. The van der Waals surface area contributed by atoms with Gasteiger partial charge in [0.1, 0.15) is 0 Å². The average Bonchev–Trinajstić information content (AvgIpc) is 2.79. The minimum absolute atomic E-state index is 0.0564. The molecule has 21 heavy (non-hydrogen) atoms. The molecule has 1 aliphatic rings. The van der Waals surface area contributed by atoms with Crippen molar-refractivity contribution in [2.45, 2.75) is 45.6 Å². The van der Waals surface area contributed by atoms with E-state index in [1.54, 1.807) is 4.57 Å². The molecule has 5 nitrogen and oxygen atoms in total. The lowest BCUT2D eigenvalue weighted by Gasteiger charge is -2.32. The maximum Gasteiger partial charge on any atom is 0.307 e. The molecule has 6 heteroatoms. The fraction of sp³-hybridized carbons (Fsp3) is 0.733. The van der Waals surface area contributed by atoms with Gasteiger partial charge in [0.2, 0.25) is 5.91 Å². The van der Waals surface area contributed by atoms with Gasteiger partial charge >= 0.3 is 4.87 Å². The normalized spacial score (nSPS) is 19.0. The predicted molar refractivity (Wildman–Crippen MR) is 83.6 cm³/mol. The largest absolute Gasteiger partial charge is 0.396 e. The van der Waals surface area contributed by atoms with Crippen LogP contribution in [0.4, 0.5) is 0 Å². The van der Waals surface area contributed by atoms with Crippen LogP contribution in [-0.2, 0) is 11.3 Å². The van der Waals surface area contributed by atoms with Crippen LogP contribution in [0.2, 0.25) is 0 Å². The number of aromatic nitrogens is 1. The summed E-state index contributed by atoms with van der Waals surface area (Å²) in [6, 6.07) is 0. The number of likely N-dealkylation sites (tertiary alicyclic amines) is 1. The molecule has 1 aliphatic heterocycles.